The zero-order valence-corrected chi connectivity index (χ0v) is 22.3. The molecular weight excluding hydrogens is 532 g/mol. The van der Waals surface area contributed by atoms with E-state index >= 15 is 0 Å². The highest BCUT2D eigenvalue weighted by Gasteiger charge is 2.24. The van der Waals surface area contributed by atoms with Crippen molar-refractivity contribution in [1.82, 2.24) is 15.4 Å². The number of amides is 1. The van der Waals surface area contributed by atoms with Gasteiger partial charge < -0.3 is 9.97 Å². The lowest BCUT2D eigenvalue weighted by atomic mass is 9.84. The number of hydrogen-bond acceptors (Lipinski definition) is 4. The molecule has 0 aliphatic rings. The smallest absolute Gasteiger partial charge is 0.271 e. The van der Waals surface area contributed by atoms with Crippen LogP contribution in [0.4, 0.5) is 0 Å². The van der Waals surface area contributed by atoms with Crippen molar-refractivity contribution in [3.05, 3.63) is 141 Å². The highest BCUT2D eigenvalue weighted by Crippen LogP contribution is 2.40. The van der Waals surface area contributed by atoms with Crippen molar-refractivity contribution < 1.29 is 4.79 Å². The number of rotatable bonds is 6. The highest BCUT2D eigenvalue weighted by atomic mass is 35.5. The number of fused-ring (bicyclic) bond motifs is 2. The van der Waals surface area contributed by atoms with Gasteiger partial charge in [0, 0.05) is 50.7 Å². The summed E-state index contributed by atoms with van der Waals surface area (Å²) >= 11 is 5.92. The SMILES string of the molecule is N#Cc1ccc2[nH]cc(C(c3ccc(C(=O)N/N=C/c4ccc(Cl)cc4)cc3)c3c[nH]c4ccc(C#N)cc34)c2c1. The van der Waals surface area contributed by atoms with E-state index in [1.807, 2.05) is 60.9 Å². The molecule has 0 aliphatic carbocycles. The van der Waals surface area contributed by atoms with E-state index in [0.717, 1.165) is 44.1 Å². The molecule has 2 aromatic heterocycles. The van der Waals surface area contributed by atoms with Gasteiger partial charge in [0.05, 0.1) is 29.5 Å². The van der Waals surface area contributed by atoms with Gasteiger partial charge in [-0.2, -0.15) is 15.6 Å². The predicted octanol–water partition coefficient (Wildman–Crippen LogP) is 6.99. The number of aromatic amines is 2. The Labute approximate surface area is 240 Å². The van der Waals surface area contributed by atoms with Gasteiger partial charge in [-0.05, 0) is 82.9 Å². The molecule has 0 bridgehead atoms. The van der Waals surface area contributed by atoms with Gasteiger partial charge in [0.2, 0.25) is 0 Å². The number of carbonyl (C=O) groups excluding carboxylic acids is 1. The van der Waals surface area contributed by atoms with Gasteiger partial charge in [0.25, 0.3) is 5.91 Å². The average molecular weight is 553 g/mol. The number of halogens is 1. The molecule has 8 heteroatoms. The number of aromatic nitrogens is 2. The maximum atomic E-state index is 12.8. The Hall–Kier alpha value is -5.63. The van der Waals surface area contributed by atoms with Crippen molar-refractivity contribution in [3.63, 3.8) is 0 Å². The summed E-state index contributed by atoms with van der Waals surface area (Å²) in [5.74, 6) is -0.588. The third-order valence-corrected chi connectivity index (χ3v) is 7.32. The molecule has 7 nitrogen and oxygen atoms in total. The predicted molar refractivity (Wildman–Crippen MR) is 160 cm³/mol. The molecule has 196 valence electrons. The minimum atomic E-state index is -0.338. The highest BCUT2D eigenvalue weighted by molar-refractivity contribution is 6.30. The van der Waals surface area contributed by atoms with Crippen LogP contribution in [-0.2, 0) is 0 Å². The summed E-state index contributed by atoms with van der Waals surface area (Å²) in [7, 11) is 0. The summed E-state index contributed by atoms with van der Waals surface area (Å²) in [6.45, 7) is 0. The van der Waals surface area contributed by atoms with Crippen molar-refractivity contribution in [1.29, 1.82) is 10.5 Å². The van der Waals surface area contributed by atoms with E-state index in [0.29, 0.717) is 21.7 Å². The summed E-state index contributed by atoms with van der Waals surface area (Å²) in [5, 5.41) is 25.6. The van der Waals surface area contributed by atoms with Gasteiger partial charge in [-0.1, -0.05) is 35.9 Å². The van der Waals surface area contributed by atoms with Gasteiger partial charge in [-0.15, -0.1) is 0 Å². The normalized spacial score (nSPS) is 11.2. The van der Waals surface area contributed by atoms with Crippen molar-refractivity contribution in [2.75, 3.05) is 0 Å². The van der Waals surface area contributed by atoms with Crippen LogP contribution < -0.4 is 5.43 Å². The molecule has 0 saturated heterocycles. The van der Waals surface area contributed by atoms with Gasteiger partial charge in [0.1, 0.15) is 0 Å². The van der Waals surface area contributed by atoms with E-state index < -0.39 is 0 Å². The quantitative estimate of drug-likeness (QED) is 0.152. The standard InChI is InChI=1S/C33H21ClN6O/c34-25-9-1-20(2-10-25)17-39-40-33(41)24-7-5-23(6-8-24)32(28-18-37-30-11-3-21(15-35)13-26(28)30)29-19-38-31-12-4-22(16-36)14-27(29)31/h1-14,17-19,32,37-38H,(H,40,41)/b39-17+. The van der Waals surface area contributed by atoms with E-state index in [2.05, 4.69) is 32.6 Å². The molecule has 0 saturated carbocycles. The first-order chi connectivity index (χ1) is 20.0. The van der Waals surface area contributed by atoms with Crippen LogP contribution in [0.3, 0.4) is 0 Å². The Kier molecular flexibility index (Phi) is 6.79. The summed E-state index contributed by atoms with van der Waals surface area (Å²) in [4.78, 5) is 19.5. The van der Waals surface area contributed by atoms with Gasteiger partial charge in [0.15, 0.2) is 0 Å². The van der Waals surface area contributed by atoms with Crippen LogP contribution in [0.1, 0.15) is 49.7 Å². The number of hydrazone groups is 1. The van der Waals surface area contributed by atoms with Crippen molar-refractivity contribution in [2.45, 2.75) is 5.92 Å². The number of carbonyl (C=O) groups is 1. The molecule has 1 amide bonds. The zero-order valence-electron chi connectivity index (χ0n) is 21.5. The molecule has 0 spiro atoms. The summed E-state index contributed by atoms with van der Waals surface area (Å²) in [6, 6.07) is 30.1. The molecule has 0 atom stereocenters. The lowest BCUT2D eigenvalue weighted by molar-refractivity contribution is 0.0955. The number of H-pyrrole nitrogens is 2. The number of nitriles is 2. The molecule has 6 aromatic rings. The van der Waals surface area contributed by atoms with Crippen LogP contribution in [0.15, 0.2) is 102 Å². The Balaban J connectivity index is 1.38. The fourth-order valence-electron chi connectivity index (χ4n) is 5.03. The molecule has 0 unspecified atom stereocenters. The number of benzene rings is 4. The van der Waals surface area contributed by atoms with E-state index in [1.54, 1.807) is 42.6 Å². The minimum absolute atomic E-state index is 0.250. The topological polar surface area (TPSA) is 121 Å². The Bertz CT molecular complexity index is 1930. The van der Waals surface area contributed by atoms with E-state index in [4.69, 9.17) is 11.6 Å². The third kappa shape index (κ3) is 5.06. The van der Waals surface area contributed by atoms with Crippen LogP contribution in [0.2, 0.25) is 5.02 Å². The lowest BCUT2D eigenvalue weighted by Crippen LogP contribution is -2.17. The van der Waals surface area contributed by atoms with Crippen LogP contribution in [0.5, 0.6) is 0 Å². The maximum absolute atomic E-state index is 12.8. The molecule has 2 heterocycles. The van der Waals surface area contributed by atoms with Crippen molar-refractivity contribution >= 4 is 45.5 Å². The molecule has 4 aromatic carbocycles. The maximum Gasteiger partial charge on any atom is 0.271 e. The first-order valence-electron chi connectivity index (χ1n) is 12.8. The number of nitrogens with zero attached hydrogens (tertiary/aromatic N) is 3. The number of nitrogens with one attached hydrogen (secondary N) is 3. The fourth-order valence-corrected chi connectivity index (χ4v) is 5.16. The first kappa shape index (κ1) is 25.6. The van der Waals surface area contributed by atoms with Crippen LogP contribution in [-0.4, -0.2) is 22.1 Å². The molecular formula is C33H21ClN6O. The average Bonchev–Trinajstić information content (AvgIpc) is 3.62. The third-order valence-electron chi connectivity index (χ3n) is 7.06. The number of hydrogen-bond donors (Lipinski definition) is 3. The molecule has 0 fully saturated rings. The second-order valence-electron chi connectivity index (χ2n) is 9.54. The van der Waals surface area contributed by atoms with E-state index in [-0.39, 0.29) is 11.8 Å². The Morgan fingerprint density at radius 2 is 1.37 bits per heavy atom. The van der Waals surface area contributed by atoms with Crippen LogP contribution in [0.25, 0.3) is 21.8 Å². The first-order valence-corrected chi connectivity index (χ1v) is 13.1. The van der Waals surface area contributed by atoms with E-state index in [9.17, 15) is 15.3 Å². The molecule has 0 radical (unpaired) electrons. The lowest BCUT2D eigenvalue weighted by Gasteiger charge is -2.18. The van der Waals surface area contributed by atoms with Gasteiger partial charge in [-0.25, -0.2) is 5.43 Å². The summed E-state index contributed by atoms with van der Waals surface area (Å²) in [5.41, 5.74) is 9.68. The van der Waals surface area contributed by atoms with Crippen molar-refractivity contribution in [3.8, 4) is 12.1 Å². The Morgan fingerprint density at radius 1 is 0.805 bits per heavy atom. The molecule has 6 rings (SSSR count). The largest absolute Gasteiger partial charge is 0.361 e. The Morgan fingerprint density at radius 3 is 1.90 bits per heavy atom. The zero-order chi connectivity index (χ0) is 28.3. The summed E-state index contributed by atoms with van der Waals surface area (Å²) in [6.07, 6.45) is 5.46. The molecule has 3 N–H and O–H groups in total. The second-order valence-corrected chi connectivity index (χ2v) is 9.97. The summed E-state index contributed by atoms with van der Waals surface area (Å²) < 4.78 is 0. The van der Waals surface area contributed by atoms with Crippen LogP contribution in [0, 0.1) is 22.7 Å². The van der Waals surface area contributed by atoms with E-state index in [1.165, 1.54) is 0 Å². The van der Waals surface area contributed by atoms with Gasteiger partial charge >= 0.3 is 0 Å². The van der Waals surface area contributed by atoms with Gasteiger partial charge in [-0.3, -0.25) is 4.79 Å². The monoisotopic (exact) mass is 552 g/mol. The molecule has 41 heavy (non-hydrogen) atoms. The molecule has 0 aliphatic heterocycles. The van der Waals surface area contributed by atoms with Crippen molar-refractivity contribution in [2.24, 2.45) is 5.10 Å². The van der Waals surface area contributed by atoms with Crippen LogP contribution >= 0.6 is 11.6 Å². The second kappa shape index (κ2) is 10.9. The fraction of sp³-hybridized carbons (Fsp3) is 0.0303. The minimum Gasteiger partial charge on any atom is -0.361 e.